The van der Waals surface area contributed by atoms with E-state index in [9.17, 15) is 8.42 Å². The highest BCUT2D eigenvalue weighted by Crippen LogP contribution is 2.41. The largest absolute Gasteiger partial charge is 0.493 e. The lowest BCUT2D eigenvalue weighted by atomic mass is 10.1. The Morgan fingerprint density at radius 3 is 2.26 bits per heavy atom. The highest BCUT2D eigenvalue weighted by molar-refractivity contribution is 7.89. The topological polar surface area (TPSA) is 79.7 Å². The second-order valence-electron chi connectivity index (χ2n) is 4.87. The lowest BCUT2D eigenvalue weighted by Crippen LogP contribution is -2.10. The van der Waals surface area contributed by atoms with Crippen molar-refractivity contribution in [2.45, 2.75) is 13.3 Å². The van der Waals surface area contributed by atoms with Gasteiger partial charge in [0.2, 0.25) is 15.8 Å². The molecule has 23 heavy (non-hydrogen) atoms. The van der Waals surface area contributed by atoms with E-state index in [1.807, 2.05) is 6.92 Å². The molecule has 0 atom stereocenters. The van der Waals surface area contributed by atoms with Crippen LogP contribution < -0.4 is 14.2 Å². The Hall–Kier alpha value is -2.22. The van der Waals surface area contributed by atoms with Gasteiger partial charge in [0.25, 0.3) is 0 Å². The molecule has 2 rings (SSSR count). The van der Waals surface area contributed by atoms with E-state index in [1.54, 1.807) is 12.1 Å². The SMILES string of the molecule is CCCOc1c(OC)cc(-c2nccn2S(C)(=O)=O)cc1OC. The van der Waals surface area contributed by atoms with Crippen molar-refractivity contribution < 1.29 is 22.6 Å². The van der Waals surface area contributed by atoms with Gasteiger partial charge < -0.3 is 14.2 Å². The Kier molecular flexibility index (Phi) is 5.15. The van der Waals surface area contributed by atoms with Gasteiger partial charge >= 0.3 is 0 Å². The van der Waals surface area contributed by atoms with Gasteiger partial charge in [-0.05, 0) is 18.6 Å². The van der Waals surface area contributed by atoms with E-state index in [1.165, 1.54) is 26.6 Å². The average molecular weight is 340 g/mol. The number of rotatable bonds is 7. The molecule has 0 saturated carbocycles. The molecular weight excluding hydrogens is 320 g/mol. The van der Waals surface area contributed by atoms with Gasteiger partial charge in [-0.1, -0.05) is 6.92 Å². The monoisotopic (exact) mass is 340 g/mol. The molecule has 8 heteroatoms. The predicted molar refractivity (Wildman–Crippen MR) is 86.8 cm³/mol. The Morgan fingerprint density at radius 2 is 1.78 bits per heavy atom. The second kappa shape index (κ2) is 6.91. The molecule has 1 aromatic heterocycles. The summed E-state index contributed by atoms with van der Waals surface area (Å²) >= 11 is 0. The van der Waals surface area contributed by atoms with Gasteiger partial charge in [0, 0.05) is 18.0 Å². The van der Waals surface area contributed by atoms with Gasteiger partial charge in [-0.25, -0.2) is 17.4 Å². The van der Waals surface area contributed by atoms with Crippen molar-refractivity contribution >= 4 is 10.0 Å². The molecule has 0 unspecified atom stereocenters. The van der Waals surface area contributed by atoms with Crippen molar-refractivity contribution in [2.75, 3.05) is 27.1 Å². The van der Waals surface area contributed by atoms with Gasteiger partial charge in [-0.2, -0.15) is 0 Å². The zero-order valence-corrected chi connectivity index (χ0v) is 14.4. The molecule has 126 valence electrons. The molecule has 0 aliphatic heterocycles. The van der Waals surface area contributed by atoms with Crippen LogP contribution in [-0.4, -0.2) is 44.5 Å². The Bertz CT molecular complexity index is 758. The van der Waals surface area contributed by atoms with E-state index in [4.69, 9.17) is 14.2 Å². The van der Waals surface area contributed by atoms with Crippen LogP contribution in [0.2, 0.25) is 0 Å². The molecule has 0 fully saturated rings. The van der Waals surface area contributed by atoms with Crippen LogP contribution in [0.25, 0.3) is 11.4 Å². The third kappa shape index (κ3) is 3.58. The van der Waals surface area contributed by atoms with Gasteiger partial charge in [0.1, 0.15) is 0 Å². The van der Waals surface area contributed by atoms with Crippen molar-refractivity contribution in [3.05, 3.63) is 24.5 Å². The molecule has 0 N–H and O–H groups in total. The van der Waals surface area contributed by atoms with Gasteiger partial charge in [0.15, 0.2) is 17.3 Å². The first-order valence-electron chi connectivity index (χ1n) is 7.05. The average Bonchev–Trinajstić information content (AvgIpc) is 3.01. The van der Waals surface area contributed by atoms with Gasteiger partial charge in [0.05, 0.1) is 27.1 Å². The van der Waals surface area contributed by atoms with E-state index in [-0.39, 0.29) is 5.82 Å². The van der Waals surface area contributed by atoms with Crippen molar-refractivity contribution in [3.63, 3.8) is 0 Å². The number of aromatic nitrogens is 2. The van der Waals surface area contributed by atoms with E-state index < -0.39 is 10.0 Å². The molecule has 1 heterocycles. The summed E-state index contributed by atoms with van der Waals surface area (Å²) in [6, 6.07) is 3.36. The highest BCUT2D eigenvalue weighted by Gasteiger charge is 2.19. The standard InChI is InChI=1S/C15H20N2O5S/c1-5-8-22-14-12(20-2)9-11(10-13(14)21-3)15-16-6-7-17(15)23(4,18)19/h6-7,9-10H,5,8H2,1-4H3. The molecule has 1 aromatic carbocycles. The van der Waals surface area contributed by atoms with Crippen molar-refractivity contribution in [2.24, 2.45) is 0 Å². The molecule has 0 spiro atoms. The lowest BCUT2D eigenvalue weighted by Gasteiger charge is -2.16. The van der Waals surface area contributed by atoms with Crippen molar-refractivity contribution in [1.29, 1.82) is 0 Å². The molecule has 0 aliphatic carbocycles. The summed E-state index contributed by atoms with van der Waals surface area (Å²) in [5.41, 5.74) is 0.554. The van der Waals surface area contributed by atoms with Crippen LogP contribution in [0.1, 0.15) is 13.3 Å². The Balaban J connectivity index is 2.60. The molecule has 0 radical (unpaired) electrons. The van der Waals surface area contributed by atoms with Crippen LogP contribution in [0.5, 0.6) is 17.2 Å². The maximum absolute atomic E-state index is 11.8. The Morgan fingerprint density at radius 1 is 1.17 bits per heavy atom. The van der Waals surface area contributed by atoms with Crippen LogP contribution in [0.15, 0.2) is 24.5 Å². The second-order valence-corrected chi connectivity index (χ2v) is 6.73. The lowest BCUT2D eigenvalue weighted by molar-refractivity contribution is 0.275. The fourth-order valence-corrected chi connectivity index (χ4v) is 2.86. The summed E-state index contributed by atoms with van der Waals surface area (Å²) in [6.07, 6.45) is 4.78. The van der Waals surface area contributed by atoms with Crippen molar-refractivity contribution in [3.8, 4) is 28.6 Å². The third-order valence-corrected chi connectivity index (χ3v) is 4.14. The van der Waals surface area contributed by atoms with Crippen LogP contribution in [0.3, 0.4) is 0 Å². The molecule has 0 bridgehead atoms. The number of methoxy groups -OCH3 is 2. The number of hydrogen-bond donors (Lipinski definition) is 0. The van der Waals surface area contributed by atoms with Gasteiger partial charge in [-0.15, -0.1) is 0 Å². The van der Waals surface area contributed by atoms with Gasteiger partial charge in [-0.3, -0.25) is 0 Å². The van der Waals surface area contributed by atoms with Crippen LogP contribution in [-0.2, 0) is 10.0 Å². The molecule has 2 aromatic rings. The Labute approximate surface area is 135 Å². The number of nitrogens with zero attached hydrogens (tertiary/aromatic N) is 2. The number of hydrogen-bond acceptors (Lipinski definition) is 6. The first-order chi connectivity index (χ1) is 10.9. The minimum Gasteiger partial charge on any atom is -0.493 e. The molecule has 0 aliphatic rings. The zero-order valence-electron chi connectivity index (χ0n) is 13.6. The summed E-state index contributed by atoms with van der Waals surface area (Å²) in [7, 11) is -0.432. The molecule has 7 nitrogen and oxygen atoms in total. The zero-order chi connectivity index (χ0) is 17.0. The van der Waals surface area contributed by atoms with Crippen LogP contribution >= 0.6 is 0 Å². The number of benzene rings is 1. The summed E-state index contributed by atoms with van der Waals surface area (Å²) in [4.78, 5) is 4.13. The van der Waals surface area contributed by atoms with Crippen LogP contribution in [0.4, 0.5) is 0 Å². The first-order valence-corrected chi connectivity index (χ1v) is 8.90. The number of imidazole rings is 1. The van der Waals surface area contributed by atoms with E-state index >= 15 is 0 Å². The van der Waals surface area contributed by atoms with E-state index in [2.05, 4.69) is 4.98 Å². The fourth-order valence-electron chi connectivity index (χ4n) is 2.12. The van der Waals surface area contributed by atoms with Crippen molar-refractivity contribution in [1.82, 2.24) is 8.96 Å². The molecule has 0 amide bonds. The molecule has 0 saturated heterocycles. The fraction of sp³-hybridized carbons (Fsp3) is 0.400. The highest BCUT2D eigenvalue weighted by atomic mass is 32.2. The third-order valence-electron chi connectivity index (χ3n) is 3.13. The minimum absolute atomic E-state index is 0.283. The summed E-state index contributed by atoms with van der Waals surface area (Å²) in [5.74, 6) is 1.68. The number of ether oxygens (including phenoxy) is 3. The van der Waals surface area contributed by atoms with E-state index in [0.717, 1.165) is 16.6 Å². The summed E-state index contributed by atoms with van der Waals surface area (Å²) in [5, 5.41) is 0. The van der Waals surface area contributed by atoms with Crippen LogP contribution in [0, 0.1) is 0 Å². The normalized spacial score (nSPS) is 11.3. The summed E-state index contributed by atoms with van der Waals surface area (Å²) in [6.45, 7) is 2.51. The first kappa shape index (κ1) is 17.1. The molecular formula is C15H20N2O5S. The maximum Gasteiger partial charge on any atom is 0.237 e. The van der Waals surface area contributed by atoms with E-state index in [0.29, 0.717) is 29.4 Å². The quantitative estimate of drug-likeness (QED) is 0.768. The smallest absolute Gasteiger partial charge is 0.237 e. The predicted octanol–water partition coefficient (Wildman–Crippen LogP) is 2.16. The maximum atomic E-state index is 11.8. The summed E-state index contributed by atoms with van der Waals surface area (Å²) < 4.78 is 41.2. The minimum atomic E-state index is -3.46.